The number of ether oxygens (including phenoxy) is 1. The highest BCUT2D eigenvalue weighted by atomic mass is 79.9. The van der Waals surface area contributed by atoms with Crippen LogP contribution in [0.5, 0.6) is 0 Å². The first-order valence-corrected chi connectivity index (χ1v) is 12.4. The molecule has 0 amide bonds. The molecule has 2 aliphatic carbocycles. The summed E-state index contributed by atoms with van der Waals surface area (Å²) in [5.74, 6) is 1.97. The van der Waals surface area contributed by atoms with Crippen molar-refractivity contribution in [2.24, 2.45) is 17.8 Å². The van der Waals surface area contributed by atoms with Gasteiger partial charge in [0.15, 0.2) is 0 Å². The van der Waals surface area contributed by atoms with Crippen LogP contribution in [0.25, 0.3) is 0 Å². The van der Waals surface area contributed by atoms with Crippen molar-refractivity contribution in [3.05, 3.63) is 48.8 Å². The highest BCUT2D eigenvalue weighted by Crippen LogP contribution is 2.64. The first-order chi connectivity index (χ1) is 13.6. The van der Waals surface area contributed by atoms with Crippen LogP contribution >= 0.6 is 39.0 Å². The van der Waals surface area contributed by atoms with Crippen LogP contribution in [0.15, 0.2) is 38.6 Å². The number of halogens is 1. The van der Waals surface area contributed by atoms with Crippen molar-refractivity contribution in [1.82, 2.24) is 4.57 Å². The lowest BCUT2D eigenvalue weighted by atomic mass is 9.75. The summed E-state index contributed by atoms with van der Waals surface area (Å²) >= 11 is 6.80. The third kappa shape index (κ3) is 3.01. The molecule has 5 atom stereocenters. The number of hydrogen-bond acceptors (Lipinski definition) is 5. The molecule has 7 heteroatoms. The molecule has 148 valence electrons. The van der Waals surface area contributed by atoms with Gasteiger partial charge in [0.05, 0.1) is 11.6 Å². The zero-order valence-electron chi connectivity index (χ0n) is 15.6. The maximum Gasteiger partial charge on any atom is 0.326 e. The molecule has 4 unspecified atom stereocenters. The SMILES string of the molecule is CCOC(=O)Cn1c2c(sc1=O)[C@@H](c1cccc(Br)c1)C1C3CCC(C3)C1S2. The molecule has 2 bridgehead atoms. The van der Waals surface area contributed by atoms with Crippen molar-refractivity contribution in [2.75, 3.05) is 6.61 Å². The van der Waals surface area contributed by atoms with E-state index >= 15 is 0 Å². The molecule has 0 saturated heterocycles. The summed E-state index contributed by atoms with van der Waals surface area (Å²) in [6.07, 6.45) is 3.92. The minimum Gasteiger partial charge on any atom is -0.465 e. The fourth-order valence-electron chi connectivity index (χ4n) is 5.50. The first kappa shape index (κ1) is 18.9. The van der Waals surface area contributed by atoms with Gasteiger partial charge in [-0.25, -0.2) is 0 Å². The second-order valence-electron chi connectivity index (χ2n) is 7.95. The second kappa shape index (κ2) is 7.33. The van der Waals surface area contributed by atoms with E-state index in [1.54, 1.807) is 11.5 Å². The molecule has 1 aromatic heterocycles. The highest BCUT2D eigenvalue weighted by Gasteiger charge is 2.55. The van der Waals surface area contributed by atoms with Gasteiger partial charge in [-0.05, 0) is 61.6 Å². The number of nitrogens with zero attached hydrogens (tertiary/aromatic N) is 1. The molecule has 2 saturated carbocycles. The second-order valence-corrected chi connectivity index (χ2v) is 11.0. The van der Waals surface area contributed by atoms with E-state index in [1.807, 2.05) is 11.8 Å². The lowest BCUT2D eigenvalue weighted by Crippen LogP contribution is -2.34. The fourth-order valence-corrected chi connectivity index (χ4v) is 9.06. The molecule has 1 aliphatic heterocycles. The van der Waals surface area contributed by atoms with Crippen molar-refractivity contribution < 1.29 is 9.53 Å². The Balaban J connectivity index is 1.62. The number of carbonyl (C=O) groups excluding carboxylic acids is 1. The predicted molar refractivity (Wildman–Crippen MR) is 115 cm³/mol. The average molecular weight is 480 g/mol. The zero-order valence-corrected chi connectivity index (χ0v) is 18.8. The number of hydrogen-bond donors (Lipinski definition) is 0. The standard InChI is InChI=1S/C21H22BrNO3S2/c1-2-26-15(24)10-23-20-19(28-21(23)25)17(11-4-3-5-14(22)9-11)16-12-6-7-13(8-12)18(16)27-20/h3-5,9,12-13,16-18H,2,6-8,10H2,1H3/t12?,13?,16?,17-,18?/m0/s1. The third-order valence-corrected chi connectivity index (χ3v) is 9.81. The first-order valence-electron chi connectivity index (χ1n) is 9.88. The van der Waals surface area contributed by atoms with Crippen molar-refractivity contribution in [3.8, 4) is 0 Å². The summed E-state index contributed by atoms with van der Waals surface area (Å²) in [7, 11) is 0. The van der Waals surface area contributed by atoms with Gasteiger partial charge < -0.3 is 4.74 Å². The van der Waals surface area contributed by atoms with Crippen LogP contribution in [0.2, 0.25) is 0 Å². The van der Waals surface area contributed by atoms with E-state index in [0.717, 1.165) is 26.2 Å². The van der Waals surface area contributed by atoms with E-state index in [4.69, 9.17) is 4.74 Å². The van der Waals surface area contributed by atoms with E-state index < -0.39 is 0 Å². The fraction of sp³-hybridized carbons (Fsp3) is 0.524. The van der Waals surface area contributed by atoms with Gasteiger partial charge in [0, 0.05) is 20.5 Å². The molecule has 0 N–H and O–H groups in total. The van der Waals surface area contributed by atoms with Crippen LogP contribution in [-0.4, -0.2) is 22.4 Å². The molecule has 1 aromatic carbocycles. The topological polar surface area (TPSA) is 48.3 Å². The lowest BCUT2D eigenvalue weighted by molar-refractivity contribution is -0.144. The van der Waals surface area contributed by atoms with Crippen LogP contribution < -0.4 is 4.87 Å². The van der Waals surface area contributed by atoms with E-state index in [0.29, 0.717) is 17.8 Å². The molecule has 28 heavy (non-hydrogen) atoms. The van der Waals surface area contributed by atoms with Crippen LogP contribution in [0.3, 0.4) is 0 Å². The Kier molecular flexibility index (Phi) is 4.96. The number of thioether (sulfide) groups is 1. The molecule has 2 aromatic rings. The number of rotatable bonds is 4. The van der Waals surface area contributed by atoms with Crippen molar-refractivity contribution in [1.29, 1.82) is 0 Å². The minimum absolute atomic E-state index is 0.0161. The van der Waals surface area contributed by atoms with Gasteiger partial charge in [-0.3, -0.25) is 14.2 Å². The van der Waals surface area contributed by atoms with E-state index in [-0.39, 0.29) is 23.3 Å². The Morgan fingerprint density at radius 3 is 2.93 bits per heavy atom. The Bertz CT molecular complexity index is 984. The number of carbonyl (C=O) groups is 1. The smallest absolute Gasteiger partial charge is 0.326 e. The maximum atomic E-state index is 12.8. The zero-order chi connectivity index (χ0) is 19.4. The van der Waals surface area contributed by atoms with Gasteiger partial charge in [-0.15, -0.1) is 11.8 Å². The number of aromatic nitrogens is 1. The van der Waals surface area contributed by atoms with Crippen molar-refractivity contribution in [3.63, 3.8) is 0 Å². The van der Waals surface area contributed by atoms with Crippen LogP contribution in [0.1, 0.15) is 42.5 Å². The summed E-state index contributed by atoms with van der Waals surface area (Å²) in [6, 6.07) is 8.53. The molecular weight excluding hydrogens is 458 g/mol. The average Bonchev–Trinajstić information content (AvgIpc) is 3.35. The van der Waals surface area contributed by atoms with Crippen molar-refractivity contribution in [2.45, 2.75) is 48.9 Å². The molecule has 4 nitrogen and oxygen atoms in total. The quantitative estimate of drug-likeness (QED) is 0.585. The van der Waals surface area contributed by atoms with E-state index in [1.165, 1.54) is 36.2 Å². The summed E-state index contributed by atoms with van der Waals surface area (Å²) in [6.45, 7) is 2.14. The summed E-state index contributed by atoms with van der Waals surface area (Å²) in [5, 5.41) is 1.54. The monoisotopic (exact) mass is 479 g/mol. The highest BCUT2D eigenvalue weighted by molar-refractivity contribution is 9.10. The third-order valence-electron chi connectivity index (χ3n) is 6.49. The number of benzene rings is 1. The molecular formula is C21H22BrNO3S2. The Labute approximate surface area is 180 Å². The Hall–Kier alpha value is -1.05. The van der Waals surface area contributed by atoms with Gasteiger partial charge >= 0.3 is 10.8 Å². The number of esters is 1. The van der Waals surface area contributed by atoms with Gasteiger partial charge in [0.25, 0.3) is 0 Å². The molecule has 0 spiro atoms. The largest absolute Gasteiger partial charge is 0.465 e. The van der Waals surface area contributed by atoms with E-state index in [2.05, 4.69) is 40.2 Å². The Morgan fingerprint density at radius 1 is 1.32 bits per heavy atom. The normalized spacial score (nSPS) is 30.1. The van der Waals surface area contributed by atoms with Gasteiger partial charge in [-0.2, -0.15) is 0 Å². The molecule has 2 heterocycles. The minimum atomic E-state index is -0.333. The summed E-state index contributed by atoms with van der Waals surface area (Å²) < 4.78 is 7.85. The van der Waals surface area contributed by atoms with Crippen LogP contribution in [0, 0.1) is 17.8 Å². The molecule has 0 radical (unpaired) electrons. The maximum absolute atomic E-state index is 12.8. The van der Waals surface area contributed by atoms with E-state index in [9.17, 15) is 9.59 Å². The van der Waals surface area contributed by atoms with Gasteiger partial charge in [0.2, 0.25) is 0 Å². The molecule has 3 aliphatic rings. The van der Waals surface area contributed by atoms with Crippen LogP contribution in [0.4, 0.5) is 0 Å². The molecule has 5 rings (SSSR count). The van der Waals surface area contributed by atoms with Crippen molar-refractivity contribution >= 4 is 45.0 Å². The van der Waals surface area contributed by atoms with Crippen LogP contribution in [-0.2, 0) is 16.1 Å². The molecule has 2 fully saturated rings. The summed E-state index contributed by atoms with van der Waals surface area (Å²) in [5.41, 5.74) is 1.28. The number of thiazole rings is 1. The predicted octanol–water partition coefficient (Wildman–Crippen LogP) is 4.89. The summed E-state index contributed by atoms with van der Waals surface area (Å²) in [4.78, 5) is 26.0. The number of fused-ring (bicyclic) bond motifs is 6. The lowest BCUT2D eigenvalue weighted by Gasteiger charge is -2.40. The van der Waals surface area contributed by atoms with Gasteiger partial charge in [-0.1, -0.05) is 39.4 Å². The van der Waals surface area contributed by atoms with Gasteiger partial charge in [0.1, 0.15) is 6.54 Å². The Morgan fingerprint density at radius 2 is 2.14 bits per heavy atom.